The highest BCUT2D eigenvalue weighted by Gasteiger charge is 2.22. The SMILES string of the molecule is CCCN(CC(=O)NC(=O)NCC)C1CCNCC1. The van der Waals surface area contributed by atoms with Gasteiger partial charge < -0.3 is 10.6 Å². The highest BCUT2D eigenvalue weighted by atomic mass is 16.2. The summed E-state index contributed by atoms with van der Waals surface area (Å²) in [5, 5.41) is 8.25. The molecule has 0 bridgehead atoms. The van der Waals surface area contributed by atoms with Crippen molar-refractivity contribution in [1.29, 1.82) is 0 Å². The zero-order valence-electron chi connectivity index (χ0n) is 12.0. The standard InChI is InChI=1S/C13H26N4O2/c1-3-9-17(11-5-7-14-8-6-11)10-12(18)16-13(19)15-4-2/h11,14H,3-10H2,1-2H3,(H2,15,16,18,19). The van der Waals surface area contributed by atoms with Gasteiger partial charge in [0.05, 0.1) is 6.54 Å². The van der Waals surface area contributed by atoms with Crippen molar-refractivity contribution in [3.63, 3.8) is 0 Å². The minimum Gasteiger partial charge on any atom is -0.338 e. The van der Waals surface area contributed by atoms with Gasteiger partial charge in [-0.15, -0.1) is 0 Å². The largest absolute Gasteiger partial charge is 0.338 e. The van der Waals surface area contributed by atoms with Crippen LogP contribution in [0.1, 0.15) is 33.1 Å². The van der Waals surface area contributed by atoms with E-state index in [0.29, 0.717) is 19.1 Å². The molecule has 0 radical (unpaired) electrons. The van der Waals surface area contributed by atoms with Crippen LogP contribution in [0.5, 0.6) is 0 Å². The molecule has 1 fully saturated rings. The summed E-state index contributed by atoms with van der Waals surface area (Å²) in [4.78, 5) is 25.3. The Morgan fingerprint density at radius 2 is 1.95 bits per heavy atom. The fraction of sp³-hybridized carbons (Fsp3) is 0.846. The average molecular weight is 270 g/mol. The first-order chi connectivity index (χ1) is 9.17. The Balaban J connectivity index is 2.42. The summed E-state index contributed by atoms with van der Waals surface area (Å²) in [6.07, 6.45) is 3.14. The van der Waals surface area contributed by atoms with E-state index >= 15 is 0 Å². The molecule has 0 saturated carbocycles. The molecule has 0 aliphatic carbocycles. The van der Waals surface area contributed by atoms with Crippen molar-refractivity contribution in [3.8, 4) is 0 Å². The van der Waals surface area contributed by atoms with E-state index in [9.17, 15) is 9.59 Å². The molecular formula is C13H26N4O2. The zero-order chi connectivity index (χ0) is 14.1. The first-order valence-electron chi connectivity index (χ1n) is 7.19. The highest BCUT2D eigenvalue weighted by molar-refractivity contribution is 5.95. The Hall–Kier alpha value is -1.14. The molecule has 1 rings (SSSR count). The Labute approximate surface area is 115 Å². The second kappa shape index (κ2) is 8.87. The van der Waals surface area contributed by atoms with Crippen LogP contribution in [-0.2, 0) is 4.79 Å². The van der Waals surface area contributed by atoms with E-state index < -0.39 is 6.03 Å². The smallest absolute Gasteiger partial charge is 0.321 e. The first kappa shape index (κ1) is 15.9. The number of nitrogens with one attached hydrogen (secondary N) is 3. The van der Waals surface area contributed by atoms with Crippen LogP contribution in [0.4, 0.5) is 4.79 Å². The molecule has 1 aliphatic rings. The van der Waals surface area contributed by atoms with E-state index in [1.165, 1.54) is 0 Å². The topological polar surface area (TPSA) is 73.5 Å². The molecule has 1 aliphatic heterocycles. The van der Waals surface area contributed by atoms with Gasteiger partial charge in [0.2, 0.25) is 5.91 Å². The molecule has 0 aromatic heterocycles. The normalized spacial score (nSPS) is 16.4. The number of nitrogens with zero attached hydrogens (tertiary/aromatic N) is 1. The molecule has 110 valence electrons. The number of amides is 3. The summed E-state index contributed by atoms with van der Waals surface area (Å²) >= 11 is 0. The third kappa shape index (κ3) is 6.02. The van der Waals surface area contributed by atoms with Crippen LogP contribution >= 0.6 is 0 Å². The summed E-state index contributed by atoms with van der Waals surface area (Å²) in [5.41, 5.74) is 0. The molecule has 1 saturated heterocycles. The fourth-order valence-electron chi connectivity index (χ4n) is 2.41. The van der Waals surface area contributed by atoms with Crippen LogP contribution in [-0.4, -0.2) is 55.6 Å². The van der Waals surface area contributed by atoms with Gasteiger partial charge >= 0.3 is 6.03 Å². The summed E-state index contributed by atoms with van der Waals surface area (Å²) in [7, 11) is 0. The highest BCUT2D eigenvalue weighted by Crippen LogP contribution is 2.11. The first-order valence-corrected chi connectivity index (χ1v) is 7.19. The summed E-state index contributed by atoms with van der Waals surface area (Å²) < 4.78 is 0. The summed E-state index contributed by atoms with van der Waals surface area (Å²) in [5.74, 6) is -0.224. The number of imide groups is 1. The van der Waals surface area contributed by atoms with E-state index in [0.717, 1.165) is 38.9 Å². The predicted octanol–water partition coefficient (Wildman–Crippen LogP) is 0.296. The Morgan fingerprint density at radius 3 is 2.53 bits per heavy atom. The molecule has 0 unspecified atom stereocenters. The molecule has 1 heterocycles. The van der Waals surface area contributed by atoms with E-state index in [1.54, 1.807) is 0 Å². The van der Waals surface area contributed by atoms with E-state index in [-0.39, 0.29) is 5.91 Å². The maximum atomic E-state index is 11.8. The third-order valence-corrected chi connectivity index (χ3v) is 3.27. The van der Waals surface area contributed by atoms with Gasteiger partial charge in [0.1, 0.15) is 0 Å². The van der Waals surface area contributed by atoms with Crippen LogP contribution in [0.25, 0.3) is 0 Å². The third-order valence-electron chi connectivity index (χ3n) is 3.27. The lowest BCUT2D eigenvalue weighted by Gasteiger charge is -2.33. The van der Waals surface area contributed by atoms with Gasteiger partial charge in [0.25, 0.3) is 0 Å². The van der Waals surface area contributed by atoms with Gasteiger partial charge in [-0.05, 0) is 45.8 Å². The molecule has 6 nitrogen and oxygen atoms in total. The summed E-state index contributed by atoms with van der Waals surface area (Å²) in [6, 6.07) is 0.0374. The zero-order valence-corrected chi connectivity index (χ0v) is 12.0. The van der Waals surface area contributed by atoms with E-state index in [2.05, 4.69) is 27.8 Å². The van der Waals surface area contributed by atoms with E-state index in [4.69, 9.17) is 0 Å². The van der Waals surface area contributed by atoms with Gasteiger partial charge in [-0.3, -0.25) is 15.0 Å². The molecule has 19 heavy (non-hydrogen) atoms. The van der Waals surface area contributed by atoms with Crippen molar-refractivity contribution >= 4 is 11.9 Å². The second-order valence-electron chi connectivity index (χ2n) is 4.86. The molecule has 3 N–H and O–H groups in total. The van der Waals surface area contributed by atoms with Crippen LogP contribution in [0, 0.1) is 0 Å². The molecule has 3 amide bonds. The minimum atomic E-state index is -0.408. The summed E-state index contributed by atoms with van der Waals surface area (Å²) in [6.45, 7) is 7.65. The fourth-order valence-corrected chi connectivity index (χ4v) is 2.41. The van der Waals surface area contributed by atoms with Crippen molar-refractivity contribution < 1.29 is 9.59 Å². The van der Waals surface area contributed by atoms with Crippen LogP contribution in [0.2, 0.25) is 0 Å². The lowest BCUT2D eigenvalue weighted by atomic mass is 10.0. The molecule has 0 spiro atoms. The van der Waals surface area contributed by atoms with Gasteiger partial charge in [0, 0.05) is 12.6 Å². The lowest BCUT2D eigenvalue weighted by Crippen LogP contribution is -2.49. The van der Waals surface area contributed by atoms with Gasteiger partial charge in [-0.2, -0.15) is 0 Å². The minimum absolute atomic E-state index is 0.224. The Kier molecular flexibility index (Phi) is 7.43. The second-order valence-corrected chi connectivity index (χ2v) is 4.86. The maximum absolute atomic E-state index is 11.8. The molecular weight excluding hydrogens is 244 g/mol. The molecule has 0 atom stereocenters. The predicted molar refractivity (Wildman–Crippen MR) is 75.0 cm³/mol. The van der Waals surface area contributed by atoms with Crippen molar-refractivity contribution in [2.24, 2.45) is 0 Å². The maximum Gasteiger partial charge on any atom is 0.321 e. The van der Waals surface area contributed by atoms with Crippen LogP contribution in [0.15, 0.2) is 0 Å². The number of urea groups is 1. The van der Waals surface area contributed by atoms with Crippen molar-refractivity contribution in [3.05, 3.63) is 0 Å². The number of carbonyl (C=O) groups excluding carboxylic acids is 2. The van der Waals surface area contributed by atoms with Gasteiger partial charge in [0.15, 0.2) is 0 Å². The van der Waals surface area contributed by atoms with E-state index in [1.807, 2.05) is 6.92 Å². The monoisotopic (exact) mass is 270 g/mol. The number of piperidine rings is 1. The lowest BCUT2D eigenvalue weighted by molar-refractivity contribution is -0.121. The number of hydrogen-bond acceptors (Lipinski definition) is 4. The number of rotatable bonds is 6. The molecule has 0 aromatic carbocycles. The van der Waals surface area contributed by atoms with Crippen molar-refractivity contribution in [2.75, 3.05) is 32.7 Å². The number of carbonyl (C=O) groups is 2. The van der Waals surface area contributed by atoms with Gasteiger partial charge in [-0.25, -0.2) is 4.79 Å². The Bertz CT molecular complexity index is 290. The van der Waals surface area contributed by atoms with Gasteiger partial charge in [-0.1, -0.05) is 6.92 Å². The molecule has 6 heteroatoms. The van der Waals surface area contributed by atoms with Crippen LogP contribution in [0.3, 0.4) is 0 Å². The quantitative estimate of drug-likeness (QED) is 0.649. The average Bonchev–Trinajstić information content (AvgIpc) is 2.39. The van der Waals surface area contributed by atoms with Crippen molar-refractivity contribution in [1.82, 2.24) is 20.9 Å². The number of hydrogen-bond donors (Lipinski definition) is 3. The van der Waals surface area contributed by atoms with Crippen molar-refractivity contribution in [2.45, 2.75) is 39.2 Å². The Morgan fingerprint density at radius 1 is 1.26 bits per heavy atom. The van der Waals surface area contributed by atoms with Crippen LogP contribution < -0.4 is 16.0 Å². The molecule has 0 aromatic rings.